The van der Waals surface area contributed by atoms with Gasteiger partial charge in [-0.1, -0.05) is 12.1 Å². The zero-order valence-corrected chi connectivity index (χ0v) is 8.80. The minimum absolute atomic E-state index is 0.166. The van der Waals surface area contributed by atoms with E-state index < -0.39 is 18.0 Å². The van der Waals surface area contributed by atoms with E-state index in [0.29, 0.717) is 5.56 Å². The van der Waals surface area contributed by atoms with Crippen LogP contribution in [0.15, 0.2) is 24.3 Å². The molecular weight excluding hydrogens is 210 g/mol. The van der Waals surface area contributed by atoms with Crippen LogP contribution in [0.4, 0.5) is 0 Å². The molecule has 0 saturated heterocycles. The average Bonchev–Trinajstić information content (AvgIpc) is 2.28. The summed E-state index contributed by atoms with van der Waals surface area (Å²) >= 11 is 0. The summed E-state index contributed by atoms with van der Waals surface area (Å²) in [5, 5.41) is 20.4. The molecule has 16 heavy (non-hydrogen) atoms. The highest BCUT2D eigenvalue weighted by molar-refractivity contribution is 5.87. The van der Waals surface area contributed by atoms with Crippen molar-refractivity contribution in [2.75, 3.05) is 7.05 Å². The molecule has 0 aliphatic carbocycles. The van der Waals surface area contributed by atoms with Gasteiger partial charge in [0.2, 0.25) is 5.91 Å². The molecule has 1 aromatic rings. The smallest absolute Gasteiger partial charge is 0.335 e. The summed E-state index contributed by atoms with van der Waals surface area (Å²) < 4.78 is 0. The van der Waals surface area contributed by atoms with E-state index >= 15 is 0 Å². The Labute approximate surface area is 92.7 Å². The SMILES string of the molecule is CNC(=O)C(O)Cc1ccc(C(=O)O)cc1. The van der Waals surface area contributed by atoms with E-state index in [9.17, 15) is 14.7 Å². The third kappa shape index (κ3) is 3.06. The number of nitrogens with one attached hydrogen (secondary N) is 1. The number of carboxylic acids is 1. The molecule has 0 aliphatic heterocycles. The van der Waals surface area contributed by atoms with Gasteiger partial charge in [-0.3, -0.25) is 4.79 Å². The number of hydrogen-bond acceptors (Lipinski definition) is 3. The van der Waals surface area contributed by atoms with E-state index in [1.54, 1.807) is 12.1 Å². The molecule has 0 spiro atoms. The summed E-state index contributed by atoms with van der Waals surface area (Å²) in [6, 6.07) is 6.04. The van der Waals surface area contributed by atoms with Crippen LogP contribution in [0.3, 0.4) is 0 Å². The molecule has 0 bridgehead atoms. The number of aliphatic hydroxyl groups is 1. The maximum atomic E-state index is 11.0. The van der Waals surface area contributed by atoms with Gasteiger partial charge < -0.3 is 15.5 Å². The van der Waals surface area contributed by atoms with Gasteiger partial charge in [-0.25, -0.2) is 4.79 Å². The van der Waals surface area contributed by atoms with Crippen molar-refractivity contribution >= 4 is 11.9 Å². The summed E-state index contributed by atoms with van der Waals surface area (Å²) in [6.07, 6.45) is -0.944. The molecule has 0 fully saturated rings. The molecule has 1 atom stereocenters. The highest BCUT2D eigenvalue weighted by atomic mass is 16.4. The highest BCUT2D eigenvalue weighted by Crippen LogP contribution is 2.07. The van der Waals surface area contributed by atoms with E-state index in [4.69, 9.17) is 5.11 Å². The van der Waals surface area contributed by atoms with Gasteiger partial charge in [-0.15, -0.1) is 0 Å². The van der Waals surface area contributed by atoms with E-state index in [1.165, 1.54) is 19.2 Å². The third-order valence-corrected chi connectivity index (χ3v) is 2.18. The molecule has 3 N–H and O–H groups in total. The normalized spacial score (nSPS) is 11.9. The molecule has 0 heterocycles. The van der Waals surface area contributed by atoms with Crippen LogP contribution in [-0.4, -0.2) is 35.2 Å². The second kappa shape index (κ2) is 5.27. The Morgan fingerprint density at radius 1 is 1.31 bits per heavy atom. The second-order valence-corrected chi connectivity index (χ2v) is 3.34. The largest absolute Gasteiger partial charge is 0.478 e. The molecule has 5 heteroatoms. The van der Waals surface area contributed by atoms with Crippen molar-refractivity contribution in [3.8, 4) is 0 Å². The molecule has 0 aromatic heterocycles. The van der Waals surface area contributed by atoms with Crippen LogP contribution in [0.1, 0.15) is 15.9 Å². The number of aromatic carboxylic acids is 1. The standard InChI is InChI=1S/C11H13NO4/c1-12-10(14)9(13)6-7-2-4-8(5-3-7)11(15)16/h2-5,9,13H,6H2,1H3,(H,12,14)(H,15,16). The van der Waals surface area contributed by atoms with Crippen molar-refractivity contribution in [1.29, 1.82) is 0 Å². The molecule has 5 nitrogen and oxygen atoms in total. The molecule has 0 aliphatic rings. The number of likely N-dealkylation sites (N-methyl/N-ethyl adjacent to an activating group) is 1. The molecular formula is C11H13NO4. The second-order valence-electron chi connectivity index (χ2n) is 3.34. The average molecular weight is 223 g/mol. The molecule has 1 unspecified atom stereocenters. The number of aliphatic hydroxyl groups excluding tert-OH is 1. The van der Waals surface area contributed by atoms with Gasteiger partial charge in [-0.05, 0) is 17.7 Å². The van der Waals surface area contributed by atoms with E-state index in [-0.39, 0.29) is 12.0 Å². The van der Waals surface area contributed by atoms with Crippen LogP contribution in [0.2, 0.25) is 0 Å². The topological polar surface area (TPSA) is 86.6 Å². The van der Waals surface area contributed by atoms with Gasteiger partial charge in [0.15, 0.2) is 0 Å². The number of carbonyl (C=O) groups excluding carboxylic acids is 1. The first-order valence-corrected chi connectivity index (χ1v) is 4.76. The van der Waals surface area contributed by atoms with Crippen molar-refractivity contribution in [3.05, 3.63) is 35.4 Å². The van der Waals surface area contributed by atoms with E-state index in [0.717, 1.165) is 0 Å². The number of carbonyl (C=O) groups is 2. The lowest BCUT2D eigenvalue weighted by molar-refractivity contribution is -0.128. The Hall–Kier alpha value is -1.88. The van der Waals surface area contributed by atoms with Gasteiger partial charge in [0.25, 0.3) is 0 Å². The molecule has 0 radical (unpaired) electrons. The Bertz CT molecular complexity index is 385. The molecule has 1 rings (SSSR count). The fourth-order valence-electron chi connectivity index (χ4n) is 1.27. The number of benzene rings is 1. The fourth-order valence-corrected chi connectivity index (χ4v) is 1.27. The maximum absolute atomic E-state index is 11.0. The number of carboxylic acid groups (broad SMARTS) is 1. The zero-order chi connectivity index (χ0) is 12.1. The molecule has 0 saturated carbocycles. The Kier molecular flexibility index (Phi) is 4.02. The number of hydrogen-bond donors (Lipinski definition) is 3. The van der Waals surface area contributed by atoms with Crippen molar-refractivity contribution in [2.45, 2.75) is 12.5 Å². The first kappa shape index (κ1) is 12.2. The van der Waals surface area contributed by atoms with Crippen LogP contribution in [-0.2, 0) is 11.2 Å². The van der Waals surface area contributed by atoms with Gasteiger partial charge in [0, 0.05) is 13.5 Å². The van der Waals surface area contributed by atoms with Crippen molar-refractivity contribution in [3.63, 3.8) is 0 Å². The van der Waals surface area contributed by atoms with E-state index in [1.807, 2.05) is 0 Å². The minimum atomic E-state index is -1.11. The molecule has 86 valence electrons. The van der Waals surface area contributed by atoms with Gasteiger partial charge in [0.1, 0.15) is 6.10 Å². The minimum Gasteiger partial charge on any atom is -0.478 e. The first-order valence-electron chi connectivity index (χ1n) is 4.76. The lowest BCUT2D eigenvalue weighted by atomic mass is 10.1. The van der Waals surface area contributed by atoms with Crippen LogP contribution < -0.4 is 5.32 Å². The number of amides is 1. The summed E-state index contributed by atoms with van der Waals surface area (Å²) in [5.41, 5.74) is 0.888. The third-order valence-electron chi connectivity index (χ3n) is 2.18. The summed E-state index contributed by atoms with van der Waals surface area (Å²) in [5.74, 6) is -1.46. The predicted octanol–water partition coefficient (Wildman–Crippen LogP) is 0.0342. The van der Waals surface area contributed by atoms with Gasteiger partial charge in [-0.2, -0.15) is 0 Å². The Morgan fingerprint density at radius 2 is 1.88 bits per heavy atom. The van der Waals surface area contributed by atoms with Gasteiger partial charge >= 0.3 is 5.97 Å². The lowest BCUT2D eigenvalue weighted by Crippen LogP contribution is -2.33. The predicted molar refractivity (Wildman–Crippen MR) is 57.2 cm³/mol. The van der Waals surface area contributed by atoms with Crippen molar-refractivity contribution in [2.24, 2.45) is 0 Å². The lowest BCUT2D eigenvalue weighted by Gasteiger charge is -2.08. The summed E-state index contributed by atoms with van der Waals surface area (Å²) in [7, 11) is 1.44. The first-order chi connectivity index (χ1) is 7.54. The Morgan fingerprint density at radius 3 is 2.31 bits per heavy atom. The van der Waals surface area contributed by atoms with E-state index in [2.05, 4.69) is 5.32 Å². The Balaban J connectivity index is 2.68. The van der Waals surface area contributed by atoms with Crippen molar-refractivity contribution in [1.82, 2.24) is 5.32 Å². The fraction of sp³-hybridized carbons (Fsp3) is 0.273. The summed E-state index contributed by atoms with van der Waals surface area (Å²) in [4.78, 5) is 21.6. The van der Waals surface area contributed by atoms with Gasteiger partial charge in [0.05, 0.1) is 5.56 Å². The summed E-state index contributed by atoms with van der Waals surface area (Å²) in [6.45, 7) is 0. The number of rotatable bonds is 4. The van der Waals surface area contributed by atoms with Crippen LogP contribution in [0.25, 0.3) is 0 Å². The molecule has 1 amide bonds. The van der Waals surface area contributed by atoms with Crippen molar-refractivity contribution < 1.29 is 19.8 Å². The monoisotopic (exact) mass is 223 g/mol. The maximum Gasteiger partial charge on any atom is 0.335 e. The molecule has 1 aromatic carbocycles. The highest BCUT2D eigenvalue weighted by Gasteiger charge is 2.13. The van der Waals surface area contributed by atoms with Crippen LogP contribution >= 0.6 is 0 Å². The van der Waals surface area contributed by atoms with Crippen LogP contribution in [0, 0.1) is 0 Å². The van der Waals surface area contributed by atoms with Crippen LogP contribution in [0.5, 0.6) is 0 Å². The quantitative estimate of drug-likeness (QED) is 0.672. The zero-order valence-electron chi connectivity index (χ0n) is 8.80.